The molecule has 0 amide bonds. The first-order valence-corrected chi connectivity index (χ1v) is 11.5. The molecule has 1 aliphatic heterocycles. The first-order chi connectivity index (χ1) is 15.2. The van der Waals surface area contributed by atoms with Gasteiger partial charge < -0.3 is 4.57 Å². The maximum Gasteiger partial charge on any atom is 0.416 e. The zero-order valence-corrected chi connectivity index (χ0v) is 17.9. The summed E-state index contributed by atoms with van der Waals surface area (Å²) in [6.07, 6.45) is -3.80. The Morgan fingerprint density at radius 1 is 0.969 bits per heavy atom. The summed E-state index contributed by atoms with van der Waals surface area (Å²) in [4.78, 5) is 2.23. The van der Waals surface area contributed by atoms with Crippen molar-refractivity contribution in [3.8, 4) is 0 Å². The lowest BCUT2D eigenvalue weighted by atomic mass is 10.1. The number of rotatable bonds is 6. The number of hydrogen-bond donors (Lipinski definition) is 1. The van der Waals surface area contributed by atoms with Gasteiger partial charge in [0.25, 0.3) is 0 Å². The van der Waals surface area contributed by atoms with E-state index >= 15 is 0 Å². The van der Waals surface area contributed by atoms with Crippen LogP contribution in [0.4, 0.5) is 13.2 Å². The topological polar surface area (TPSA) is 80.1 Å². The van der Waals surface area contributed by atoms with Gasteiger partial charge in [0.05, 0.1) is 17.0 Å². The summed E-state index contributed by atoms with van der Waals surface area (Å²) in [6.45, 7) is 2.10. The average molecular weight is 466 g/mol. The zero-order chi connectivity index (χ0) is 22.8. The molecule has 1 aliphatic rings. The maximum atomic E-state index is 13.0. The molecule has 0 aliphatic carbocycles. The lowest BCUT2D eigenvalue weighted by molar-refractivity contribution is -0.137. The SMILES string of the molecule is O=S(=O)(NCc1nnc2n1CCN(Cc1cccc(C(F)(F)F)c1)CC2)c1ccccc1. The van der Waals surface area contributed by atoms with Gasteiger partial charge in [-0.05, 0) is 23.8 Å². The molecule has 32 heavy (non-hydrogen) atoms. The van der Waals surface area contributed by atoms with E-state index in [1.165, 1.54) is 24.3 Å². The lowest BCUT2D eigenvalue weighted by Crippen LogP contribution is -2.28. The molecule has 0 unspecified atom stereocenters. The van der Waals surface area contributed by atoms with Gasteiger partial charge in [0.15, 0.2) is 0 Å². The van der Waals surface area contributed by atoms with Crippen LogP contribution in [0.5, 0.6) is 0 Å². The van der Waals surface area contributed by atoms with E-state index in [1.807, 2.05) is 4.57 Å². The number of fused-ring (bicyclic) bond motifs is 1. The second-order valence-electron chi connectivity index (χ2n) is 7.55. The molecular formula is C21H22F3N5O2S. The molecule has 7 nitrogen and oxygen atoms in total. The second-order valence-corrected chi connectivity index (χ2v) is 9.31. The number of alkyl halides is 3. The number of halogens is 3. The summed E-state index contributed by atoms with van der Waals surface area (Å²) in [5.41, 5.74) is -0.0664. The van der Waals surface area contributed by atoms with Crippen molar-refractivity contribution in [3.05, 3.63) is 77.4 Å². The Labute approximate surface area is 183 Å². The monoisotopic (exact) mass is 465 g/mol. The highest BCUT2D eigenvalue weighted by Crippen LogP contribution is 2.29. The second kappa shape index (κ2) is 9.00. The highest BCUT2D eigenvalue weighted by Gasteiger charge is 2.30. The van der Waals surface area contributed by atoms with Crippen molar-refractivity contribution >= 4 is 10.0 Å². The van der Waals surface area contributed by atoms with Crippen LogP contribution in [-0.2, 0) is 42.3 Å². The van der Waals surface area contributed by atoms with Crippen molar-refractivity contribution in [2.45, 2.75) is 37.1 Å². The molecule has 0 fully saturated rings. The molecule has 0 saturated carbocycles. The van der Waals surface area contributed by atoms with E-state index in [9.17, 15) is 21.6 Å². The Kier molecular flexibility index (Phi) is 6.31. The number of hydrogen-bond acceptors (Lipinski definition) is 5. The van der Waals surface area contributed by atoms with E-state index in [0.717, 1.165) is 11.9 Å². The van der Waals surface area contributed by atoms with Crippen molar-refractivity contribution in [1.82, 2.24) is 24.4 Å². The van der Waals surface area contributed by atoms with Crippen molar-refractivity contribution in [2.75, 3.05) is 13.1 Å². The highest BCUT2D eigenvalue weighted by molar-refractivity contribution is 7.89. The van der Waals surface area contributed by atoms with Crippen LogP contribution in [-0.4, -0.2) is 41.2 Å². The third-order valence-electron chi connectivity index (χ3n) is 5.33. The number of nitrogens with one attached hydrogen (secondary N) is 1. The Morgan fingerprint density at radius 2 is 1.75 bits per heavy atom. The summed E-state index contributed by atoms with van der Waals surface area (Å²) in [5, 5.41) is 8.31. The predicted molar refractivity (Wildman–Crippen MR) is 111 cm³/mol. The van der Waals surface area contributed by atoms with E-state index in [4.69, 9.17) is 0 Å². The van der Waals surface area contributed by atoms with E-state index in [0.29, 0.717) is 44.0 Å². The van der Waals surface area contributed by atoms with E-state index in [-0.39, 0.29) is 11.4 Å². The molecule has 2 aromatic carbocycles. The van der Waals surface area contributed by atoms with Crippen LogP contribution < -0.4 is 4.72 Å². The van der Waals surface area contributed by atoms with E-state index in [1.54, 1.807) is 24.3 Å². The van der Waals surface area contributed by atoms with Gasteiger partial charge in [-0.25, -0.2) is 13.1 Å². The first-order valence-electron chi connectivity index (χ1n) is 10.1. The van der Waals surface area contributed by atoms with Gasteiger partial charge in [0, 0.05) is 32.6 Å². The van der Waals surface area contributed by atoms with Gasteiger partial charge in [-0.1, -0.05) is 36.4 Å². The van der Waals surface area contributed by atoms with Crippen LogP contribution in [0.2, 0.25) is 0 Å². The van der Waals surface area contributed by atoms with Crippen LogP contribution in [0.3, 0.4) is 0 Å². The van der Waals surface area contributed by atoms with Crippen molar-refractivity contribution in [2.24, 2.45) is 0 Å². The minimum atomic E-state index is -4.37. The van der Waals surface area contributed by atoms with Gasteiger partial charge in [-0.3, -0.25) is 4.90 Å². The van der Waals surface area contributed by atoms with Crippen LogP contribution in [0.25, 0.3) is 0 Å². The Bertz CT molecular complexity index is 1180. The largest absolute Gasteiger partial charge is 0.416 e. The molecule has 0 bridgehead atoms. The fourth-order valence-electron chi connectivity index (χ4n) is 3.66. The van der Waals surface area contributed by atoms with E-state index in [2.05, 4.69) is 19.8 Å². The van der Waals surface area contributed by atoms with Crippen molar-refractivity contribution < 1.29 is 21.6 Å². The zero-order valence-electron chi connectivity index (χ0n) is 17.1. The van der Waals surface area contributed by atoms with Gasteiger partial charge >= 0.3 is 6.18 Å². The molecule has 0 saturated heterocycles. The lowest BCUT2D eigenvalue weighted by Gasteiger charge is -2.20. The normalized spacial score (nSPS) is 15.3. The number of sulfonamides is 1. The van der Waals surface area contributed by atoms with Gasteiger partial charge in [0.1, 0.15) is 11.6 Å². The summed E-state index contributed by atoms with van der Waals surface area (Å²) >= 11 is 0. The third kappa shape index (κ3) is 5.17. The maximum absolute atomic E-state index is 13.0. The molecule has 1 N–H and O–H groups in total. The Morgan fingerprint density at radius 3 is 2.50 bits per heavy atom. The molecule has 3 aromatic rings. The average Bonchev–Trinajstić information content (AvgIpc) is 3.05. The molecule has 11 heteroatoms. The minimum absolute atomic E-state index is 0.00213. The minimum Gasteiger partial charge on any atom is -0.313 e. The van der Waals surface area contributed by atoms with Crippen LogP contribution in [0.15, 0.2) is 59.5 Å². The van der Waals surface area contributed by atoms with Crippen LogP contribution in [0.1, 0.15) is 22.8 Å². The summed E-state index contributed by atoms with van der Waals surface area (Å²) in [7, 11) is -3.67. The Hall–Kier alpha value is -2.76. The van der Waals surface area contributed by atoms with Crippen molar-refractivity contribution in [3.63, 3.8) is 0 Å². The molecule has 4 rings (SSSR count). The molecule has 0 spiro atoms. The summed E-state index contributed by atoms with van der Waals surface area (Å²) in [5.74, 6) is 1.23. The quantitative estimate of drug-likeness (QED) is 0.606. The summed E-state index contributed by atoms with van der Waals surface area (Å²) < 4.78 is 68.3. The highest BCUT2D eigenvalue weighted by atomic mass is 32.2. The first kappa shape index (κ1) is 22.4. The van der Waals surface area contributed by atoms with Gasteiger partial charge in [-0.15, -0.1) is 10.2 Å². The standard InChI is InChI=1S/C21H22F3N5O2S/c22-21(23,24)17-6-4-5-16(13-17)15-28-10-9-19-26-27-20(29(19)12-11-28)14-25-32(30,31)18-7-2-1-3-8-18/h1-8,13,25H,9-12,14-15H2. The van der Waals surface area contributed by atoms with Crippen LogP contribution in [0, 0.1) is 0 Å². The molecule has 0 atom stereocenters. The number of aromatic nitrogens is 3. The van der Waals surface area contributed by atoms with Crippen molar-refractivity contribution in [1.29, 1.82) is 0 Å². The fraction of sp³-hybridized carbons (Fsp3) is 0.333. The summed E-state index contributed by atoms with van der Waals surface area (Å²) in [6, 6.07) is 13.4. The molecule has 2 heterocycles. The predicted octanol–water partition coefficient (Wildman–Crippen LogP) is 2.83. The van der Waals surface area contributed by atoms with Crippen LogP contribution >= 0.6 is 0 Å². The molecular weight excluding hydrogens is 443 g/mol. The number of benzene rings is 2. The Balaban J connectivity index is 1.40. The fourth-order valence-corrected chi connectivity index (χ4v) is 4.66. The number of nitrogens with zero attached hydrogens (tertiary/aromatic N) is 4. The molecule has 1 aromatic heterocycles. The molecule has 0 radical (unpaired) electrons. The van der Waals surface area contributed by atoms with Gasteiger partial charge in [-0.2, -0.15) is 13.2 Å². The van der Waals surface area contributed by atoms with E-state index < -0.39 is 21.8 Å². The van der Waals surface area contributed by atoms with Gasteiger partial charge in [0.2, 0.25) is 10.0 Å². The smallest absolute Gasteiger partial charge is 0.313 e. The molecule has 170 valence electrons. The third-order valence-corrected chi connectivity index (χ3v) is 6.75.